The smallest absolute Gasteiger partial charge is 0.420 e. The molecule has 0 bridgehead atoms. The molecule has 0 aliphatic carbocycles. The molecule has 116 valence electrons. The first kappa shape index (κ1) is 14.5. The van der Waals surface area contributed by atoms with E-state index in [9.17, 15) is 13.2 Å². The van der Waals surface area contributed by atoms with E-state index in [1.807, 2.05) is 0 Å². The lowest BCUT2D eigenvalue weighted by Crippen LogP contribution is -2.24. The maximum Gasteiger partial charge on any atom is 0.420 e. The van der Waals surface area contributed by atoms with Crippen molar-refractivity contribution in [3.8, 4) is 11.5 Å². The zero-order chi connectivity index (χ0) is 15.0. The lowest BCUT2D eigenvalue weighted by molar-refractivity contribution is -0.140. The number of hydrogen-bond acceptors (Lipinski definition) is 3. The van der Waals surface area contributed by atoms with Crippen LogP contribution < -0.4 is 15.2 Å². The molecule has 0 saturated heterocycles. The number of nitrogens with two attached hydrogens (primary N) is 1. The third kappa shape index (κ3) is 2.46. The van der Waals surface area contributed by atoms with E-state index in [1.54, 1.807) is 0 Å². The molecule has 2 aliphatic heterocycles. The van der Waals surface area contributed by atoms with Gasteiger partial charge in [0, 0.05) is 16.7 Å². The van der Waals surface area contributed by atoms with Crippen molar-refractivity contribution in [3.05, 3.63) is 22.3 Å². The summed E-state index contributed by atoms with van der Waals surface area (Å²) in [6, 6.07) is 0. The van der Waals surface area contributed by atoms with Gasteiger partial charge in [0.25, 0.3) is 0 Å². The fourth-order valence-corrected chi connectivity index (χ4v) is 3.25. The van der Waals surface area contributed by atoms with Crippen molar-refractivity contribution in [2.75, 3.05) is 19.8 Å². The molecule has 2 heterocycles. The molecule has 6 heteroatoms. The van der Waals surface area contributed by atoms with Crippen molar-refractivity contribution in [2.45, 2.75) is 38.3 Å². The van der Waals surface area contributed by atoms with Crippen LogP contribution in [0.2, 0.25) is 0 Å². The molecule has 3 nitrogen and oxygen atoms in total. The molecule has 0 unspecified atom stereocenters. The van der Waals surface area contributed by atoms with E-state index in [0.29, 0.717) is 56.8 Å². The Balaban J connectivity index is 2.29. The third-order valence-corrected chi connectivity index (χ3v) is 4.03. The van der Waals surface area contributed by atoms with Crippen molar-refractivity contribution < 1.29 is 22.6 Å². The average Bonchev–Trinajstić information content (AvgIpc) is 2.46. The van der Waals surface area contributed by atoms with Crippen molar-refractivity contribution in [1.82, 2.24) is 0 Å². The fourth-order valence-electron chi connectivity index (χ4n) is 3.25. The van der Waals surface area contributed by atoms with Crippen molar-refractivity contribution in [1.29, 1.82) is 0 Å². The number of rotatable bonds is 2. The summed E-state index contributed by atoms with van der Waals surface area (Å²) in [5, 5.41) is 0. The number of halogens is 3. The summed E-state index contributed by atoms with van der Waals surface area (Å²) in [5.41, 5.74) is 6.70. The summed E-state index contributed by atoms with van der Waals surface area (Å²) in [6.45, 7) is 1.17. The summed E-state index contributed by atoms with van der Waals surface area (Å²) in [5.74, 6) is 0.421. The third-order valence-electron chi connectivity index (χ3n) is 4.03. The number of fused-ring (bicyclic) bond motifs is 2. The van der Waals surface area contributed by atoms with E-state index in [1.165, 1.54) is 0 Å². The van der Waals surface area contributed by atoms with Crippen LogP contribution in [0.5, 0.6) is 11.5 Å². The van der Waals surface area contributed by atoms with Crippen LogP contribution >= 0.6 is 0 Å². The standard InChI is InChI=1S/C15H18F3NO2/c16-15(17,18)12-11-4-2-7-20-13(11)10(5-6-19)9-3-1-8-21-14(9)12/h1-8,19H2. The molecule has 0 aromatic heterocycles. The van der Waals surface area contributed by atoms with Crippen molar-refractivity contribution in [2.24, 2.45) is 5.73 Å². The molecule has 0 saturated carbocycles. The molecular formula is C15H18F3NO2. The first-order valence-corrected chi connectivity index (χ1v) is 7.27. The van der Waals surface area contributed by atoms with Crippen LogP contribution in [-0.4, -0.2) is 19.8 Å². The monoisotopic (exact) mass is 301 g/mol. The van der Waals surface area contributed by atoms with Crippen LogP contribution in [0.3, 0.4) is 0 Å². The van der Waals surface area contributed by atoms with Gasteiger partial charge in [-0.1, -0.05) is 0 Å². The van der Waals surface area contributed by atoms with Gasteiger partial charge in [-0.2, -0.15) is 13.2 Å². The highest BCUT2D eigenvalue weighted by Gasteiger charge is 2.42. The first-order valence-electron chi connectivity index (χ1n) is 7.27. The number of alkyl halides is 3. The molecule has 1 aromatic rings. The second kappa shape index (κ2) is 5.40. The molecule has 0 fully saturated rings. The van der Waals surface area contributed by atoms with Crippen LogP contribution in [0.25, 0.3) is 0 Å². The topological polar surface area (TPSA) is 44.5 Å². The highest BCUT2D eigenvalue weighted by Crippen LogP contribution is 2.49. The van der Waals surface area contributed by atoms with Gasteiger partial charge in [0.15, 0.2) is 0 Å². The maximum atomic E-state index is 13.5. The van der Waals surface area contributed by atoms with E-state index in [-0.39, 0.29) is 11.3 Å². The Kier molecular flexibility index (Phi) is 3.73. The predicted molar refractivity (Wildman–Crippen MR) is 71.8 cm³/mol. The number of hydrogen-bond donors (Lipinski definition) is 1. The molecule has 2 N–H and O–H groups in total. The highest BCUT2D eigenvalue weighted by atomic mass is 19.4. The van der Waals surface area contributed by atoms with Crippen LogP contribution in [-0.2, 0) is 25.4 Å². The first-order chi connectivity index (χ1) is 10.0. The zero-order valence-corrected chi connectivity index (χ0v) is 11.7. The normalized spacial score (nSPS) is 17.5. The van der Waals surface area contributed by atoms with E-state index in [0.717, 1.165) is 12.0 Å². The van der Waals surface area contributed by atoms with Crippen LogP contribution in [0.4, 0.5) is 13.2 Å². The second-order valence-corrected chi connectivity index (χ2v) is 5.41. The Morgan fingerprint density at radius 1 is 0.952 bits per heavy atom. The SMILES string of the molecule is NCCc1c2c(c(C(F)(F)F)c3c1OCCC3)OCCC2. The Morgan fingerprint density at radius 3 is 2.19 bits per heavy atom. The van der Waals surface area contributed by atoms with Crippen LogP contribution in [0.1, 0.15) is 35.1 Å². The van der Waals surface area contributed by atoms with E-state index >= 15 is 0 Å². The highest BCUT2D eigenvalue weighted by molar-refractivity contribution is 5.61. The number of ether oxygens (including phenoxy) is 2. The quantitative estimate of drug-likeness (QED) is 0.913. The van der Waals surface area contributed by atoms with Gasteiger partial charge in [-0.25, -0.2) is 0 Å². The van der Waals surface area contributed by atoms with Crippen molar-refractivity contribution in [3.63, 3.8) is 0 Å². The fraction of sp³-hybridized carbons (Fsp3) is 0.600. The number of benzene rings is 1. The molecule has 2 aliphatic rings. The van der Waals surface area contributed by atoms with Gasteiger partial charge in [-0.3, -0.25) is 0 Å². The van der Waals surface area contributed by atoms with Gasteiger partial charge in [0.05, 0.1) is 13.2 Å². The molecule has 3 rings (SSSR count). The van der Waals surface area contributed by atoms with Crippen LogP contribution in [0.15, 0.2) is 0 Å². The van der Waals surface area contributed by atoms with Gasteiger partial charge in [0.1, 0.15) is 17.1 Å². The Hall–Kier alpha value is -1.43. The van der Waals surface area contributed by atoms with Crippen LogP contribution in [0, 0.1) is 0 Å². The largest absolute Gasteiger partial charge is 0.493 e. The van der Waals surface area contributed by atoms with Gasteiger partial charge in [-0.05, 0) is 38.6 Å². The lowest BCUT2D eigenvalue weighted by atomic mass is 9.87. The minimum atomic E-state index is -4.42. The average molecular weight is 301 g/mol. The summed E-state index contributed by atoms with van der Waals surface area (Å²) >= 11 is 0. The van der Waals surface area contributed by atoms with E-state index in [4.69, 9.17) is 15.2 Å². The predicted octanol–water partition coefficient (Wildman–Crippen LogP) is 2.86. The van der Waals surface area contributed by atoms with E-state index < -0.39 is 11.7 Å². The van der Waals surface area contributed by atoms with Gasteiger partial charge >= 0.3 is 6.18 Å². The second-order valence-electron chi connectivity index (χ2n) is 5.41. The van der Waals surface area contributed by atoms with Gasteiger partial charge in [-0.15, -0.1) is 0 Å². The maximum absolute atomic E-state index is 13.5. The van der Waals surface area contributed by atoms with Crippen molar-refractivity contribution >= 4 is 0 Å². The molecule has 1 aromatic carbocycles. The zero-order valence-electron chi connectivity index (χ0n) is 11.7. The molecule has 0 radical (unpaired) electrons. The van der Waals surface area contributed by atoms with E-state index in [2.05, 4.69) is 0 Å². The molecule has 21 heavy (non-hydrogen) atoms. The molecule has 0 spiro atoms. The lowest BCUT2D eigenvalue weighted by Gasteiger charge is -2.31. The molecular weight excluding hydrogens is 283 g/mol. The Labute approximate surface area is 121 Å². The summed E-state index contributed by atoms with van der Waals surface area (Å²) in [6.07, 6.45) is -1.63. The minimum Gasteiger partial charge on any atom is -0.493 e. The Morgan fingerprint density at radius 2 is 1.57 bits per heavy atom. The minimum absolute atomic E-state index is 0.0152. The Bertz CT molecular complexity index is 518. The molecule has 0 amide bonds. The van der Waals surface area contributed by atoms with Gasteiger partial charge < -0.3 is 15.2 Å². The molecule has 0 atom stereocenters. The summed E-state index contributed by atoms with van der Waals surface area (Å²) < 4.78 is 51.6. The summed E-state index contributed by atoms with van der Waals surface area (Å²) in [7, 11) is 0. The van der Waals surface area contributed by atoms with Gasteiger partial charge in [0.2, 0.25) is 0 Å². The summed E-state index contributed by atoms with van der Waals surface area (Å²) in [4.78, 5) is 0.